The molecule has 0 radical (unpaired) electrons. The summed E-state index contributed by atoms with van der Waals surface area (Å²) < 4.78 is 0. The van der Waals surface area contributed by atoms with Gasteiger partial charge in [-0.3, -0.25) is 9.89 Å². The molecular weight excluding hydrogens is 248 g/mol. The van der Waals surface area contributed by atoms with Gasteiger partial charge in [0.05, 0.1) is 0 Å². The standard InChI is InChI=1S/C16H26N4/c1-3-18-16(17-2)19-12-15-10-7-11-20(15)13-14-8-5-4-6-9-14/h4-6,8-9,15H,3,7,10-13H2,1-2H3,(H2,17,18,19). The number of aliphatic imine (C=N–C) groups is 1. The molecule has 1 saturated heterocycles. The van der Waals surface area contributed by atoms with Gasteiger partial charge in [0.2, 0.25) is 0 Å². The summed E-state index contributed by atoms with van der Waals surface area (Å²) in [5, 5.41) is 6.67. The Kier molecular flexibility index (Phi) is 5.87. The number of rotatable bonds is 5. The fourth-order valence-corrected chi connectivity index (χ4v) is 2.75. The molecule has 20 heavy (non-hydrogen) atoms. The summed E-state index contributed by atoms with van der Waals surface area (Å²) in [5.41, 5.74) is 1.40. The van der Waals surface area contributed by atoms with Crippen LogP contribution in [0.25, 0.3) is 0 Å². The average Bonchev–Trinajstić information content (AvgIpc) is 2.92. The van der Waals surface area contributed by atoms with Crippen LogP contribution >= 0.6 is 0 Å². The molecule has 0 aliphatic carbocycles. The molecule has 0 amide bonds. The third-order valence-electron chi connectivity index (χ3n) is 3.80. The van der Waals surface area contributed by atoms with Crippen LogP contribution < -0.4 is 10.6 Å². The maximum Gasteiger partial charge on any atom is 0.191 e. The minimum atomic E-state index is 0.602. The fraction of sp³-hybridized carbons (Fsp3) is 0.562. The first kappa shape index (κ1) is 14.9. The minimum Gasteiger partial charge on any atom is -0.357 e. The van der Waals surface area contributed by atoms with E-state index < -0.39 is 0 Å². The summed E-state index contributed by atoms with van der Waals surface area (Å²) >= 11 is 0. The normalized spacial score (nSPS) is 20.1. The lowest BCUT2D eigenvalue weighted by Gasteiger charge is -2.25. The van der Waals surface area contributed by atoms with E-state index in [1.807, 2.05) is 7.05 Å². The first-order valence-electron chi connectivity index (χ1n) is 7.56. The number of hydrogen-bond donors (Lipinski definition) is 2. The van der Waals surface area contributed by atoms with Crippen molar-refractivity contribution in [2.75, 3.05) is 26.7 Å². The molecule has 1 aromatic rings. The van der Waals surface area contributed by atoms with Crippen molar-refractivity contribution in [3.05, 3.63) is 35.9 Å². The van der Waals surface area contributed by atoms with Crippen molar-refractivity contribution >= 4 is 5.96 Å². The van der Waals surface area contributed by atoms with E-state index in [1.165, 1.54) is 24.9 Å². The van der Waals surface area contributed by atoms with Crippen molar-refractivity contribution in [3.8, 4) is 0 Å². The van der Waals surface area contributed by atoms with Crippen molar-refractivity contribution in [3.63, 3.8) is 0 Å². The highest BCUT2D eigenvalue weighted by Gasteiger charge is 2.24. The van der Waals surface area contributed by atoms with E-state index in [2.05, 4.69) is 57.8 Å². The Morgan fingerprint density at radius 1 is 1.30 bits per heavy atom. The molecule has 4 heteroatoms. The second-order valence-electron chi connectivity index (χ2n) is 5.24. The molecule has 2 N–H and O–H groups in total. The van der Waals surface area contributed by atoms with Gasteiger partial charge in [0, 0.05) is 32.7 Å². The van der Waals surface area contributed by atoms with Crippen LogP contribution in [0.1, 0.15) is 25.3 Å². The molecule has 1 atom stereocenters. The van der Waals surface area contributed by atoms with Crippen LogP contribution in [0.2, 0.25) is 0 Å². The molecule has 1 aliphatic rings. The quantitative estimate of drug-likeness (QED) is 0.636. The Balaban J connectivity index is 1.84. The molecule has 1 heterocycles. The molecular formula is C16H26N4. The van der Waals surface area contributed by atoms with Gasteiger partial charge in [-0.25, -0.2) is 0 Å². The molecule has 4 nitrogen and oxygen atoms in total. The highest BCUT2D eigenvalue weighted by Crippen LogP contribution is 2.19. The van der Waals surface area contributed by atoms with Gasteiger partial charge >= 0.3 is 0 Å². The van der Waals surface area contributed by atoms with E-state index in [0.29, 0.717) is 6.04 Å². The van der Waals surface area contributed by atoms with Gasteiger partial charge in [-0.05, 0) is 31.9 Å². The Labute approximate surface area is 122 Å². The zero-order chi connectivity index (χ0) is 14.2. The lowest BCUT2D eigenvalue weighted by atomic mass is 10.2. The van der Waals surface area contributed by atoms with Crippen LogP contribution in [-0.2, 0) is 6.54 Å². The van der Waals surface area contributed by atoms with E-state index in [4.69, 9.17) is 0 Å². The van der Waals surface area contributed by atoms with E-state index in [0.717, 1.165) is 25.6 Å². The van der Waals surface area contributed by atoms with Crippen molar-refractivity contribution < 1.29 is 0 Å². The molecule has 1 aromatic carbocycles. The zero-order valence-electron chi connectivity index (χ0n) is 12.6. The van der Waals surface area contributed by atoms with Gasteiger partial charge in [0.25, 0.3) is 0 Å². The molecule has 1 aliphatic heterocycles. The predicted octanol–water partition coefficient (Wildman–Crippen LogP) is 1.84. The molecule has 0 bridgehead atoms. The van der Waals surface area contributed by atoms with Gasteiger partial charge in [-0.2, -0.15) is 0 Å². The van der Waals surface area contributed by atoms with Crippen molar-refractivity contribution in [2.45, 2.75) is 32.4 Å². The van der Waals surface area contributed by atoms with E-state index >= 15 is 0 Å². The Hall–Kier alpha value is -1.55. The Morgan fingerprint density at radius 2 is 2.10 bits per heavy atom. The van der Waals surface area contributed by atoms with Crippen LogP contribution in [0.5, 0.6) is 0 Å². The number of hydrogen-bond acceptors (Lipinski definition) is 2. The lowest BCUT2D eigenvalue weighted by molar-refractivity contribution is 0.245. The summed E-state index contributed by atoms with van der Waals surface area (Å²) in [6, 6.07) is 11.3. The molecule has 2 rings (SSSR count). The summed E-state index contributed by atoms with van der Waals surface area (Å²) in [4.78, 5) is 6.79. The monoisotopic (exact) mass is 274 g/mol. The Morgan fingerprint density at radius 3 is 2.80 bits per heavy atom. The second-order valence-corrected chi connectivity index (χ2v) is 5.24. The molecule has 0 saturated carbocycles. The zero-order valence-corrected chi connectivity index (χ0v) is 12.6. The average molecular weight is 274 g/mol. The molecule has 0 aromatic heterocycles. The highest BCUT2D eigenvalue weighted by atomic mass is 15.2. The minimum absolute atomic E-state index is 0.602. The summed E-state index contributed by atoms with van der Waals surface area (Å²) in [6.45, 7) is 6.20. The number of benzene rings is 1. The molecule has 1 fully saturated rings. The van der Waals surface area contributed by atoms with Crippen LogP contribution in [0.3, 0.4) is 0 Å². The lowest BCUT2D eigenvalue weighted by Crippen LogP contribution is -2.44. The number of nitrogens with zero attached hydrogens (tertiary/aromatic N) is 2. The smallest absolute Gasteiger partial charge is 0.191 e. The van der Waals surface area contributed by atoms with Crippen molar-refractivity contribution in [1.29, 1.82) is 0 Å². The van der Waals surface area contributed by atoms with Crippen LogP contribution in [0.4, 0.5) is 0 Å². The van der Waals surface area contributed by atoms with Crippen molar-refractivity contribution in [2.24, 2.45) is 4.99 Å². The maximum absolute atomic E-state index is 4.22. The predicted molar refractivity (Wildman–Crippen MR) is 84.9 cm³/mol. The number of likely N-dealkylation sites (tertiary alicyclic amines) is 1. The first-order chi connectivity index (χ1) is 9.83. The van der Waals surface area contributed by atoms with Crippen LogP contribution in [-0.4, -0.2) is 43.6 Å². The molecule has 0 spiro atoms. The van der Waals surface area contributed by atoms with Gasteiger partial charge in [0.1, 0.15) is 0 Å². The third kappa shape index (κ3) is 4.23. The van der Waals surface area contributed by atoms with Crippen LogP contribution in [0, 0.1) is 0 Å². The summed E-state index contributed by atoms with van der Waals surface area (Å²) in [5.74, 6) is 0.902. The Bertz CT molecular complexity index is 416. The van der Waals surface area contributed by atoms with E-state index in [1.54, 1.807) is 0 Å². The number of guanidine groups is 1. The first-order valence-corrected chi connectivity index (χ1v) is 7.56. The van der Waals surface area contributed by atoms with Gasteiger partial charge in [0.15, 0.2) is 5.96 Å². The fourth-order valence-electron chi connectivity index (χ4n) is 2.75. The van der Waals surface area contributed by atoms with E-state index in [9.17, 15) is 0 Å². The largest absolute Gasteiger partial charge is 0.357 e. The number of nitrogens with one attached hydrogen (secondary N) is 2. The maximum atomic E-state index is 4.22. The van der Waals surface area contributed by atoms with Gasteiger partial charge < -0.3 is 10.6 Å². The topological polar surface area (TPSA) is 39.7 Å². The SMILES string of the molecule is CCNC(=NC)NCC1CCCN1Cc1ccccc1. The third-order valence-corrected chi connectivity index (χ3v) is 3.80. The summed E-state index contributed by atoms with van der Waals surface area (Å²) in [7, 11) is 1.82. The summed E-state index contributed by atoms with van der Waals surface area (Å²) in [6.07, 6.45) is 2.56. The van der Waals surface area contributed by atoms with Crippen molar-refractivity contribution in [1.82, 2.24) is 15.5 Å². The molecule has 1 unspecified atom stereocenters. The van der Waals surface area contributed by atoms with Crippen LogP contribution in [0.15, 0.2) is 35.3 Å². The van der Waals surface area contributed by atoms with Gasteiger partial charge in [-0.15, -0.1) is 0 Å². The highest BCUT2D eigenvalue weighted by molar-refractivity contribution is 5.79. The van der Waals surface area contributed by atoms with Gasteiger partial charge in [-0.1, -0.05) is 30.3 Å². The molecule has 110 valence electrons. The van der Waals surface area contributed by atoms with E-state index in [-0.39, 0.29) is 0 Å². The second kappa shape index (κ2) is 7.90.